The Balaban J connectivity index is 1.57. The molecule has 31 heavy (non-hydrogen) atoms. The van der Waals surface area contributed by atoms with Crippen LogP contribution in [-0.2, 0) is 6.54 Å². The molecule has 0 spiro atoms. The van der Waals surface area contributed by atoms with E-state index < -0.39 is 0 Å². The second kappa shape index (κ2) is 7.41. The van der Waals surface area contributed by atoms with Crippen LogP contribution in [0.25, 0.3) is 21.5 Å². The lowest BCUT2D eigenvalue weighted by Crippen LogP contribution is -2.27. The van der Waals surface area contributed by atoms with E-state index in [0.29, 0.717) is 42.0 Å². The predicted octanol–water partition coefficient (Wildman–Crippen LogP) is 3.50. The van der Waals surface area contributed by atoms with Crippen molar-refractivity contribution < 1.29 is 4.74 Å². The first kappa shape index (κ1) is 19.1. The first-order valence-electron chi connectivity index (χ1n) is 9.72. The van der Waals surface area contributed by atoms with Gasteiger partial charge in [0.15, 0.2) is 5.13 Å². The van der Waals surface area contributed by atoms with Gasteiger partial charge in [-0.3, -0.25) is 0 Å². The van der Waals surface area contributed by atoms with E-state index in [1.807, 2.05) is 24.1 Å². The third-order valence-corrected chi connectivity index (χ3v) is 6.04. The monoisotopic (exact) mass is 429 g/mol. The first-order valence-corrected chi connectivity index (χ1v) is 10.5. The smallest absolute Gasteiger partial charge is 0.182 e. The van der Waals surface area contributed by atoms with Gasteiger partial charge in [0.05, 0.1) is 12.1 Å². The van der Waals surface area contributed by atoms with E-state index >= 15 is 0 Å². The molecule has 0 bridgehead atoms. The number of nitriles is 1. The van der Waals surface area contributed by atoms with Gasteiger partial charge in [-0.1, -0.05) is 11.3 Å². The van der Waals surface area contributed by atoms with Gasteiger partial charge in [-0.05, 0) is 48.4 Å². The van der Waals surface area contributed by atoms with Crippen LogP contribution in [0.2, 0.25) is 0 Å². The highest BCUT2D eigenvalue weighted by atomic mass is 32.1. The van der Waals surface area contributed by atoms with Gasteiger partial charge in [-0.25, -0.2) is 15.0 Å². The van der Waals surface area contributed by atoms with Crippen LogP contribution in [0.3, 0.4) is 0 Å². The SMILES string of the molecule is Cc1cc(-c2cnc3sc(N)nc3c2)cc2c1OCCN(c1nc(N)ccc1C#N)C2. The number of benzene rings is 1. The summed E-state index contributed by atoms with van der Waals surface area (Å²) in [6.45, 7) is 3.67. The maximum absolute atomic E-state index is 9.52. The van der Waals surface area contributed by atoms with E-state index in [2.05, 4.69) is 33.2 Å². The molecule has 4 N–H and O–H groups in total. The van der Waals surface area contributed by atoms with Crippen LogP contribution in [-0.4, -0.2) is 28.1 Å². The number of thiazole rings is 1. The standard InChI is InChI=1S/C22H19N7OS/c1-12-6-14(15-8-17-21(26-10-15)31-22(25)27-17)7-16-11-29(4-5-30-19(12)16)20-13(9-23)2-3-18(24)28-20/h2-3,6-8,10H,4-5,11H2,1H3,(H2,24,28)(H2,25,27). The molecule has 4 aromatic rings. The van der Waals surface area contributed by atoms with Gasteiger partial charge in [0.25, 0.3) is 0 Å². The molecule has 0 saturated heterocycles. The summed E-state index contributed by atoms with van der Waals surface area (Å²) in [6, 6.07) is 11.7. The molecule has 0 fully saturated rings. The molecule has 154 valence electrons. The van der Waals surface area contributed by atoms with E-state index in [1.54, 1.807) is 12.1 Å². The Labute approximate surface area is 182 Å². The van der Waals surface area contributed by atoms with Gasteiger partial charge in [0.2, 0.25) is 0 Å². The molecule has 1 aliphatic rings. The molecule has 0 amide bonds. The zero-order chi connectivity index (χ0) is 21.5. The van der Waals surface area contributed by atoms with Crippen molar-refractivity contribution in [3.8, 4) is 22.9 Å². The van der Waals surface area contributed by atoms with Crippen molar-refractivity contribution in [3.05, 3.63) is 53.2 Å². The summed E-state index contributed by atoms with van der Waals surface area (Å²) in [5.74, 6) is 1.81. The van der Waals surface area contributed by atoms with Crippen LogP contribution in [0.1, 0.15) is 16.7 Å². The minimum Gasteiger partial charge on any atom is -0.491 e. The molecule has 5 rings (SSSR count). The van der Waals surface area contributed by atoms with Crippen molar-refractivity contribution >= 4 is 38.5 Å². The van der Waals surface area contributed by atoms with Crippen LogP contribution < -0.4 is 21.1 Å². The average molecular weight is 430 g/mol. The zero-order valence-corrected chi connectivity index (χ0v) is 17.6. The van der Waals surface area contributed by atoms with Crippen molar-refractivity contribution in [2.75, 3.05) is 29.5 Å². The number of aryl methyl sites for hydroxylation is 1. The number of nitrogens with zero attached hydrogens (tertiary/aromatic N) is 5. The van der Waals surface area contributed by atoms with Crippen LogP contribution in [0.4, 0.5) is 16.8 Å². The summed E-state index contributed by atoms with van der Waals surface area (Å²) >= 11 is 1.37. The van der Waals surface area contributed by atoms with Crippen molar-refractivity contribution in [2.24, 2.45) is 0 Å². The van der Waals surface area contributed by atoms with Crippen molar-refractivity contribution in [1.82, 2.24) is 15.0 Å². The minimum atomic E-state index is 0.381. The summed E-state index contributed by atoms with van der Waals surface area (Å²) in [7, 11) is 0. The Morgan fingerprint density at radius 1 is 1.16 bits per heavy atom. The topological polar surface area (TPSA) is 127 Å². The summed E-state index contributed by atoms with van der Waals surface area (Å²) < 4.78 is 6.07. The number of hydrogen-bond acceptors (Lipinski definition) is 9. The number of ether oxygens (including phenoxy) is 1. The van der Waals surface area contributed by atoms with Gasteiger partial charge in [-0.2, -0.15) is 5.26 Å². The molecule has 3 aromatic heterocycles. The van der Waals surface area contributed by atoms with E-state index in [0.717, 1.165) is 38.4 Å². The molecule has 0 aliphatic carbocycles. The quantitative estimate of drug-likeness (QED) is 0.496. The number of nitrogen functional groups attached to an aromatic ring is 2. The molecule has 8 nitrogen and oxygen atoms in total. The van der Waals surface area contributed by atoms with Crippen LogP contribution in [0, 0.1) is 18.3 Å². The van der Waals surface area contributed by atoms with E-state index in [9.17, 15) is 5.26 Å². The lowest BCUT2D eigenvalue weighted by Gasteiger charge is -2.22. The highest BCUT2D eigenvalue weighted by Crippen LogP contribution is 2.35. The van der Waals surface area contributed by atoms with Gasteiger partial charge < -0.3 is 21.1 Å². The van der Waals surface area contributed by atoms with Crippen molar-refractivity contribution in [3.63, 3.8) is 0 Å². The van der Waals surface area contributed by atoms with Gasteiger partial charge in [-0.15, -0.1) is 0 Å². The Hall–Kier alpha value is -3.90. The maximum Gasteiger partial charge on any atom is 0.182 e. The summed E-state index contributed by atoms with van der Waals surface area (Å²) in [5, 5.41) is 10.0. The Morgan fingerprint density at radius 3 is 2.87 bits per heavy atom. The number of rotatable bonds is 2. The molecule has 9 heteroatoms. The van der Waals surface area contributed by atoms with Crippen molar-refractivity contribution in [2.45, 2.75) is 13.5 Å². The molecule has 0 atom stereocenters. The predicted molar refractivity (Wildman–Crippen MR) is 122 cm³/mol. The minimum absolute atomic E-state index is 0.381. The fourth-order valence-corrected chi connectivity index (χ4v) is 4.51. The number of pyridine rings is 2. The van der Waals surface area contributed by atoms with Gasteiger partial charge >= 0.3 is 0 Å². The Bertz CT molecular complexity index is 1360. The molecule has 0 unspecified atom stereocenters. The fourth-order valence-electron chi connectivity index (χ4n) is 3.85. The van der Waals surface area contributed by atoms with Crippen LogP contribution in [0.5, 0.6) is 5.75 Å². The van der Waals surface area contributed by atoms with Crippen LogP contribution in [0.15, 0.2) is 36.5 Å². The number of hydrogen-bond donors (Lipinski definition) is 2. The molecule has 0 saturated carbocycles. The Morgan fingerprint density at radius 2 is 2.03 bits per heavy atom. The Kier molecular flexibility index (Phi) is 4.56. The van der Waals surface area contributed by atoms with Gasteiger partial charge in [0, 0.05) is 23.9 Å². The number of nitrogens with two attached hydrogens (primary N) is 2. The highest BCUT2D eigenvalue weighted by Gasteiger charge is 2.22. The zero-order valence-electron chi connectivity index (χ0n) is 16.8. The average Bonchev–Trinajstić information content (AvgIpc) is 2.99. The van der Waals surface area contributed by atoms with Crippen LogP contribution >= 0.6 is 11.3 Å². The number of aromatic nitrogens is 3. The molecular weight excluding hydrogens is 410 g/mol. The number of fused-ring (bicyclic) bond motifs is 2. The molecule has 1 aliphatic heterocycles. The molecular formula is C22H19N7OS. The number of anilines is 3. The summed E-state index contributed by atoms with van der Waals surface area (Å²) in [4.78, 5) is 16.1. The van der Waals surface area contributed by atoms with Gasteiger partial charge in [0.1, 0.15) is 40.4 Å². The van der Waals surface area contributed by atoms with E-state index in [1.165, 1.54) is 11.3 Å². The molecule has 0 radical (unpaired) electrons. The highest BCUT2D eigenvalue weighted by molar-refractivity contribution is 7.21. The first-order chi connectivity index (χ1) is 15.0. The van der Waals surface area contributed by atoms with Crippen molar-refractivity contribution in [1.29, 1.82) is 5.26 Å². The second-order valence-corrected chi connectivity index (χ2v) is 8.38. The summed E-state index contributed by atoms with van der Waals surface area (Å²) in [6.07, 6.45) is 1.84. The third kappa shape index (κ3) is 3.47. The molecule has 1 aromatic carbocycles. The van der Waals surface area contributed by atoms with E-state index in [4.69, 9.17) is 16.2 Å². The lowest BCUT2D eigenvalue weighted by molar-refractivity contribution is 0.329. The maximum atomic E-state index is 9.52. The normalized spacial score (nSPS) is 13.4. The largest absolute Gasteiger partial charge is 0.491 e. The second-order valence-electron chi connectivity index (χ2n) is 7.37. The third-order valence-electron chi connectivity index (χ3n) is 5.23. The van der Waals surface area contributed by atoms with E-state index in [-0.39, 0.29) is 0 Å². The lowest BCUT2D eigenvalue weighted by atomic mass is 9.99. The molecule has 4 heterocycles. The fraction of sp³-hybridized carbons (Fsp3) is 0.182. The summed E-state index contributed by atoms with van der Waals surface area (Å²) in [5.41, 5.74) is 17.0.